The number of hydrogen-bond acceptors (Lipinski definition) is 5. The van der Waals surface area contributed by atoms with E-state index in [0.29, 0.717) is 11.5 Å². The molecule has 0 aromatic carbocycles. The molecule has 18 heavy (non-hydrogen) atoms. The van der Waals surface area contributed by atoms with Crippen molar-refractivity contribution in [2.75, 3.05) is 20.2 Å². The molecule has 2 atom stereocenters. The van der Waals surface area contributed by atoms with Crippen LogP contribution in [0.25, 0.3) is 0 Å². The van der Waals surface area contributed by atoms with Crippen molar-refractivity contribution in [1.29, 1.82) is 0 Å². The smallest absolute Gasteiger partial charge is 0.341 e. The lowest BCUT2D eigenvalue weighted by atomic mass is 9.78. The third-order valence-corrected chi connectivity index (χ3v) is 4.18. The highest BCUT2D eigenvalue weighted by Crippen LogP contribution is 2.46. The van der Waals surface area contributed by atoms with Crippen molar-refractivity contribution < 1.29 is 9.53 Å². The highest BCUT2D eigenvalue weighted by Gasteiger charge is 2.46. The van der Waals surface area contributed by atoms with E-state index in [4.69, 9.17) is 4.74 Å². The van der Waals surface area contributed by atoms with E-state index in [1.165, 1.54) is 19.7 Å². The predicted molar refractivity (Wildman–Crippen MR) is 64.1 cm³/mol. The lowest BCUT2D eigenvalue weighted by Gasteiger charge is -2.33. The van der Waals surface area contributed by atoms with Gasteiger partial charge in [-0.3, -0.25) is 0 Å². The van der Waals surface area contributed by atoms with E-state index >= 15 is 0 Å². The molecule has 1 aliphatic carbocycles. The Bertz CT molecular complexity index is 473. The zero-order valence-electron chi connectivity index (χ0n) is 10.4. The molecule has 1 aliphatic heterocycles. The molecule has 1 radical (unpaired) electrons. The van der Waals surface area contributed by atoms with Crippen LogP contribution in [0.3, 0.4) is 0 Å². The zero-order chi connectivity index (χ0) is 12.6. The summed E-state index contributed by atoms with van der Waals surface area (Å²) in [6, 6.07) is 0. The lowest BCUT2D eigenvalue weighted by molar-refractivity contribution is 0.0595. The number of methoxy groups -OCH3 is 1. The summed E-state index contributed by atoms with van der Waals surface area (Å²) in [5.74, 6) is 0.335. The quantitative estimate of drug-likeness (QED) is 0.778. The Morgan fingerprint density at radius 3 is 3.39 bits per heavy atom. The van der Waals surface area contributed by atoms with Crippen LogP contribution in [0.4, 0.5) is 0 Å². The van der Waals surface area contributed by atoms with Crippen LogP contribution < -0.4 is 5.32 Å². The van der Waals surface area contributed by atoms with E-state index in [0.717, 1.165) is 31.6 Å². The van der Waals surface area contributed by atoms with Crippen LogP contribution in [0.5, 0.6) is 0 Å². The second-order valence-electron chi connectivity index (χ2n) is 5.24. The van der Waals surface area contributed by atoms with Gasteiger partial charge in [0.15, 0.2) is 6.33 Å². The van der Waals surface area contributed by atoms with Crippen molar-refractivity contribution in [3.8, 4) is 0 Å². The molecule has 5 heteroatoms. The van der Waals surface area contributed by atoms with Gasteiger partial charge in [0.05, 0.1) is 12.8 Å². The summed E-state index contributed by atoms with van der Waals surface area (Å²) in [5, 5.41) is 3.44. The van der Waals surface area contributed by atoms with Crippen molar-refractivity contribution in [2.24, 2.45) is 5.92 Å². The van der Waals surface area contributed by atoms with Crippen LogP contribution in [0, 0.1) is 12.2 Å². The molecule has 1 saturated carbocycles. The van der Waals surface area contributed by atoms with Gasteiger partial charge in [0.1, 0.15) is 5.56 Å². The SMILES string of the molecule is COC(=O)c1cn[c]nc1C12CCC(CNC1)C2. The predicted octanol–water partition coefficient (Wildman–Crippen LogP) is 0.704. The molecule has 2 aliphatic rings. The standard InChI is InChI=1S/C13H16N3O2/c1-18-12(17)10-6-15-8-16-11(10)13-3-2-9(4-13)5-14-7-13/h6,9,14H,2-5,7H2,1H3. The second-order valence-corrected chi connectivity index (χ2v) is 5.24. The maximum Gasteiger partial charge on any atom is 0.341 e. The summed E-state index contributed by atoms with van der Waals surface area (Å²) >= 11 is 0. The van der Waals surface area contributed by atoms with Gasteiger partial charge in [0, 0.05) is 18.2 Å². The molecule has 2 bridgehead atoms. The molecule has 0 amide bonds. The van der Waals surface area contributed by atoms with Gasteiger partial charge >= 0.3 is 5.97 Å². The molecule has 3 rings (SSSR count). The molecule has 5 nitrogen and oxygen atoms in total. The highest BCUT2D eigenvalue weighted by molar-refractivity contribution is 5.90. The minimum absolute atomic E-state index is 0.0358. The fourth-order valence-electron chi connectivity index (χ4n) is 3.34. The number of ether oxygens (including phenoxy) is 1. The lowest BCUT2D eigenvalue weighted by Crippen LogP contribution is -2.43. The average molecular weight is 246 g/mol. The van der Waals surface area contributed by atoms with Gasteiger partial charge in [-0.2, -0.15) is 0 Å². The van der Waals surface area contributed by atoms with Crippen LogP contribution in [-0.2, 0) is 10.2 Å². The number of fused-ring (bicyclic) bond motifs is 2. The fraction of sp³-hybridized carbons (Fsp3) is 0.615. The van der Waals surface area contributed by atoms with E-state index in [1.807, 2.05) is 0 Å². The summed E-state index contributed by atoms with van der Waals surface area (Å²) in [7, 11) is 1.39. The summed E-state index contributed by atoms with van der Waals surface area (Å²) in [5.41, 5.74) is 1.26. The van der Waals surface area contributed by atoms with Crippen molar-refractivity contribution in [3.63, 3.8) is 0 Å². The van der Waals surface area contributed by atoms with Gasteiger partial charge in [-0.05, 0) is 31.7 Å². The van der Waals surface area contributed by atoms with Gasteiger partial charge in [-0.1, -0.05) is 0 Å². The first-order valence-corrected chi connectivity index (χ1v) is 6.28. The number of nitrogens with zero attached hydrogens (tertiary/aromatic N) is 2. The summed E-state index contributed by atoms with van der Waals surface area (Å²) in [6.07, 6.45) is 7.49. The maximum atomic E-state index is 11.8. The maximum absolute atomic E-state index is 11.8. The normalized spacial score (nSPS) is 30.2. The van der Waals surface area contributed by atoms with Crippen LogP contribution in [-0.4, -0.2) is 36.1 Å². The molecular weight excluding hydrogens is 230 g/mol. The third-order valence-electron chi connectivity index (χ3n) is 4.18. The number of aromatic nitrogens is 2. The molecule has 0 spiro atoms. The Hall–Kier alpha value is -1.49. The minimum atomic E-state index is -0.359. The number of esters is 1. The molecule has 1 N–H and O–H groups in total. The molecule has 2 fully saturated rings. The molecule has 1 saturated heterocycles. The van der Waals surface area contributed by atoms with Crippen LogP contribution in [0.1, 0.15) is 35.3 Å². The van der Waals surface area contributed by atoms with E-state index in [1.54, 1.807) is 0 Å². The van der Waals surface area contributed by atoms with Crippen molar-refractivity contribution in [2.45, 2.75) is 24.7 Å². The van der Waals surface area contributed by atoms with Gasteiger partial charge in [-0.25, -0.2) is 14.8 Å². The van der Waals surface area contributed by atoms with Gasteiger partial charge in [0.25, 0.3) is 0 Å². The van der Waals surface area contributed by atoms with Crippen LogP contribution in [0.15, 0.2) is 6.20 Å². The monoisotopic (exact) mass is 246 g/mol. The zero-order valence-corrected chi connectivity index (χ0v) is 10.4. The molecule has 1 aromatic heterocycles. The van der Waals surface area contributed by atoms with E-state index in [-0.39, 0.29) is 11.4 Å². The largest absolute Gasteiger partial charge is 0.465 e. The van der Waals surface area contributed by atoms with E-state index in [2.05, 4.69) is 21.6 Å². The van der Waals surface area contributed by atoms with Crippen molar-refractivity contribution in [3.05, 3.63) is 23.8 Å². The Kier molecular flexibility index (Phi) is 2.78. The van der Waals surface area contributed by atoms with Crippen molar-refractivity contribution >= 4 is 5.97 Å². The van der Waals surface area contributed by atoms with Gasteiger partial charge in [0.2, 0.25) is 0 Å². The first-order valence-electron chi connectivity index (χ1n) is 6.28. The molecule has 2 heterocycles. The summed E-state index contributed by atoms with van der Waals surface area (Å²) < 4.78 is 4.82. The number of rotatable bonds is 2. The topological polar surface area (TPSA) is 64.1 Å². The summed E-state index contributed by atoms with van der Waals surface area (Å²) in [6.45, 7) is 1.95. The van der Waals surface area contributed by atoms with Crippen LogP contribution in [0.2, 0.25) is 0 Å². The van der Waals surface area contributed by atoms with Crippen molar-refractivity contribution in [1.82, 2.24) is 15.3 Å². The van der Waals surface area contributed by atoms with Gasteiger partial charge in [-0.15, -0.1) is 0 Å². The first kappa shape index (κ1) is 11.6. The molecular formula is C13H16N3O2. The molecule has 95 valence electrons. The number of carbonyl (C=O) groups is 1. The van der Waals surface area contributed by atoms with Gasteiger partial charge < -0.3 is 10.1 Å². The molecule has 2 unspecified atom stereocenters. The number of carbonyl (C=O) groups excluding carboxylic acids is 1. The number of piperidine rings is 1. The number of hydrogen-bond donors (Lipinski definition) is 1. The minimum Gasteiger partial charge on any atom is -0.465 e. The Morgan fingerprint density at radius 2 is 2.56 bits per heavy atom. The Balaban J connectivity index is 2.04. The fourth-order valence-corrected chi connectivity index (χ4v) is 3.34. The highest BCUT2D eigenvalue weighted by atomic mass is 16.5. The average Bonchev–Trinajstić information content (AvgIpc) is 2.74. The van der Waals surface area contributed by atoms with E-state index in [9.17, 15) is 4.79 Å². The number of nitrogens with one attached hydrogen (secondary N) is 1. The third kappa shape index (κ3) is 1.70. The second kappa shape index (κ2) is 4.31. The Morgan fingerprint density at radius 1 is 1.67 bits per heavy atom. The molecule has 1 aromatic rings. The summed E-state index contributed by atoms with van der Waals surface area (Å²) in [4.78, 5) is 19.9. The van der Waals surface area contributed by atoms with E-state index < -0.39 is 0 Å². The van der Waals surface area contributed by atoms with Crippen LogP contribution >= 0.6 is 0 Å². The Labute approximate surface area is 106 Å². The first-order chi connectivity index (χ1) is 8.75.